The number of rotatable bonds is 5. The predicted octanol–water partition coefficient (Wildman–Crippen LogP) is 5.40. The predicted molar refractivity (Wildman–Crippen MR) is 130 cm³/mol. The van der Waals surface area contributed by atoms with E-state index in [4.69, 9.17) is 4.98 Å². The van der Waals surface area contributed by atoms with Gasteiger partial charge < -0.3 is 10.4 Å². The molecule has 8 nitrogen and oxygen atoms in total. The van der Waals surface area contributed by atoms with Gasteiger partial charge in [0.15, 0.2) is 0 Å². The van der Waals surface area contributed by atoms with Gasteiger partial charge in [0.2, 0.25) is 5.91 Å². The van der Waals surface area contributed by atoms with Crippen LogP contribution < -0.4 is 5.32 Å². The van der Waals surface area contributed by atoms with Crippen LogP contribution in [0.5, 0.6) is 0 Å². The summed E-state index contributed by atoms with van der Waals surface area (Å²) in [7, 11) is 0. The van der Waals surface area contributed by atoms with Crippen LogP contribution in [0, 0.1) is 5.41 Å². The molecule has 0 aliphatic heterocycles. The Labute approximate surface area is 197 Å². The van der Waals surface area contributed by atoms with Gasteiger partial charge in [-0.15, -0.1) is 0 Å². The number of hydrogen-bond acceptors (Lipinski definition) is 6. The van der Waals surface area contributed by atoms with Crippen molar-refractivity contribution in [2.45, 2.75) is 53.1 Å². The van der Waals surface area contributed by atoms with E-state index in [1.165, 1.54) is 16.2 Å². The van der Waals surface area contributed by atoms with Crippen molar-refractivity contribution in [3.05, 3.63) is 48.9 Å². The minimum atomic E-state index is -1.15. The Morgan fingerprint density at radius 1 is 1.06 bits per heavy atom. The lowest BCUT2D eigenvalue weighted by molar-refractivity contribution is -0.126. The number of anilines is 1. The van der Waals surface area contributed by atoms with Crippen LogP contribution in [-0.4, -0.2) is 48.5 Å². The van der Waals surface area contributed by atoms with Crippen LogP contribution in [0.2, 0.25) is 0 Å². The Hall–Kier alpha value is -3.33. The smallest absolute Gasteiger partial charge is 0.408 e. The summed E-state index contributed by atoms with van der Waals surface area (Å²) in [6.45, 7) is 10.9. The van der Waals surface area contributed by atoms with E-state index in [-0.39, 0.29) is 0 Å². The van der Waals surface area contributed by atoms with Crippen molar-refractivity contribution in [3.8, 4) is 22.0 Å². The molecule has 0 radical (unpaired) electrons. The third kappa shape index (κ3) is 5.54. The number of benzene rings is 1. The maximum Gasteiger partial charge on any atom is 0.408 e. The molecule has 9 heteroatoms. The van der Waals surface area contributed by atoms with E-state index in [0.29, 0.717) is 21.4 Å². The number of amides is 2. The molecular weight excluding hydrogens is 438 g/mol. The quantitative estimate of drug-likeness (QED) is 0.520. The summed E-state index contributed by atoms with van der Waals surface area (Å²) >= 11 is 1.28. The van der Waals surface area contributed by atoms with Crippen molar-refractivity contribution in [1.29, 1.82) is 0 Å². The molecule has 0 aliphatic rings. The molecule has 0 unspecified atom stereocenters. The Bertz CT molecular complexity index is 1120. The molecule has 1 atom stereocenters. The number of hydrogen-bond donors (Lipinski definition) is 2. The maximum absolute atomic E-state index is 13.6. The standard InChI is InChI=1S/C24H29N5O3S/c1-23(2,3)18(29(22(31)32)24(4,5)6)19(30)28-21-17(15-10-8-7-9-11-15)27-20(33-21)16-14-25-12-13-26-16/h7-14,18H,1-6H3,(H,28,30)(H,31,32)/t18-/m1/s1. The van der Waals surface area contributed by atoms with Gasteiger partial charge in [-0.1, -0.05) is 62.4 Å². The van der Waals surface area contributed by atoms with Crippen LogP contribution in [0.15, 0.2) is 48.9 Å². The second-order valence-corrected chi connectivity index (χ2v) is 10.7. The second-order valence-electron chi connectivity index (χ2n) is 9.73. The highest BCUT2D eigenvalue weighted by atomic mass is 32.1. The summed E-state index contributed by atoms with van der Waals surface area (Å²) in [4.78, 5) is 40.2. The Balaban J connectivity index is 2.07. The fourth-order valence-corrected chi connectivity index (χ4v) is 4.53. The molecule has 2 N–H and O–H groups in total. The Kier molecular flexibility index (Phi) is 6.83. The zero-order valence-corrected chi connectivity index (χ0v) is 20.5. The highest BCUT2D eigenvalue weighted by Crippen LogP contribution is 2.38. The number of nitrogens with zero attached hydrogens (tertiary/aromatic N) is 4. The van der Waals surface area contributed by atoms with Crippen molar-refractivity contribution in [2.75, 3.05) is 5.32 Å². The number of thiazole rings is 1. The lowest BCUT2D eigenvalue weighted by Gasteiger charge is -2.44. The lowest BCUT2D eigenvalue weighted by Crippen LogP contribution is -2.60. The van der Waals surface area contributed by atoms with Crippen molar-refractivity contribution in [3.63, 3.8) is 0 Å². The molecule has 0 saturated heterocycles. The van der Waals surface area contributed by atoms with E-state index in [1.807, 2.05) is 51.1 Å². The topological polar surface area (TPSA) is 108 Å². The molecular formula is C24H29N5O3S. The summed E-state index contributed by atoms with van der Waals surface area (Å²) in [5.41, 5.74) is 0.592. The van der Waals surface area contributed by atoms with Gasteiger partial charge in [0.25, 0.3) is 0 Å². The van der Waals surface area contributed by atoms with E-state index >= 15 is 0 Å². The van der Waals surface area contributed by atoms with Gasteiger partial charge >= 0.3 is 6.09 Å². The number of carbonyl (C=O) groups excluding carboxylic acids is 1. The average Bonchev–Trinajstić information content (AvgIpc) is 3.14. The molecule has 33 heavy (non-hydrogen) atoms. The molecule has 0 bridgehead atoms. The van der Waals surface area contributed by atoms with E-state index in [9.17, 15) is 14.7 Å². The van der Waals surface area contributed by atoms with Gasteiger partial charge in [0, 0.05) is 23.5 Å². The van der Waals surface area contributed by atoms with E-state index in [1.54, 1.807) is 39.4 Å². The zero-order valence-electron chi connectivity index (χ0n) is 19.7. The first-order chi connectivity index (χ1) is 15.4. The molecule has 3 aromatic rings. The van der Waals surface area contributed by atoms with Crippen LogP contribution >= 0.6 is 11.3 Å². The van der Waals surface area contributed by atoms with Crippen molar-refractivity contribution < 1.29 is 14.7 Å². The fourth-order valence-electron chi connectivity index (χ4n) is 3.58. The molecule has 0 spiro atoms. The summed E-state index contributed by atoms with van der Waals surface area (Å²) in [6.07, 6.45) is 3.63. The average molecular weight is 468 g/mol. The molecule has 0 aliphatic carbocycles. The Morgan fingerprint density at radius 2 is 1.73 bits per heavy atom. The summed E-state index contributed by atoms with van der Waals surface area (Å²) < 4.78 is 0. The van der Waals surface area contributed by atoms with Crippen LogP contribution in [0.25, 0.3) is 22.0 Å². The zero-order chi connectivity index (χ0) is 24.4. The van der Waals surface area contributed by atoms with Crippen molar-refractivity contribution >= 4 is 28.3 Å². The van der Waals surface area contributed by atoms with E-state index in [0.717, 1.165) is 5.56 Å². The molecule has 0 fully saturated rings. The number of carboxylic acid groups (broad SMARTS) is 1. The molecule has 3 rings (SSSR count). The van der Waals surface area contributed by atoms with Crippen LogP contribution in [0.1, 0.15) is 41.5 Å². The summed E-state index contributed by atoms with van der Waals surface area (Å²) in [5.74, 6) is -0.411. The number of aromatic nitrogens is 3. The first kappa shape index (κ1) is 24.3. The highest BCUT2D eigenvalue weighted by molar-refractivity contribution is 7.19. The van der Waals surface area contributed by atoms with E-state index in [2.05, 4.69) is 15.3 Å². The monoisotopic (exact) mass is 467 g/mol. The normalized spacial score (nSPS) is 12.8. The van der Waals surface area contributed by atoms with Gasteiger partial charge in [0.1, 0.15) is 27.4 Å². The minimum absolute atomic E-state index is 0.411. The van der Waals surface area contributed by atoms with Gasteiger partial charge in [-0.05, 0) is 26.2 Å². The molecule has 2 aromatic heterocycles. The summed E-state index contributed by atoms with van der Waals surface area (Å²) in [6, 6.07) is 8.58. The number of carbonyl (C=O) groups is 2. The maximum atomic E-state index is 13.6. The molecule has 2 heterocycles. The minimum Gasteiger partial charge on any atom is -0.465 e. The second kappa shape index (κ2) is 9.27. The molecule has 174 valence electrons. The summed E-state index contributed by atoms with van der Waals surface area (Å²) in [5, 5.41) is 14.1. The number of nitrogens with one attached hydrogen (secondary N) is 1. The van der Waals surface area contributed by atoms with Crippen molar-refractivity contribution in [1.82, 2.24) is 19.9 Å². The van der Waals surface area contributed by atoms with Crippen LogP contribution in [-0.2, 0) is 4.79 Å². The Morgan fingerprint density at radius 3 is 2.24 bits per heavy atom. The molecule has 0 saturated carbocycles. The fraction of sp³-hybridized carbons (Fsp3) is 0.375. The van der Waals surface area contributed by atoms with Gasteiger partial charge in [-0.3, -0.25) is 19.7 Å². The first-order valence-electron chi connectivity index (χ1n) is 10.6. The van der Waals surface area contributed by atoms with Gasteiger partial charge in [0.05, 0.1) is 6.20 Å². The van der Waals surface area contributed by atoms with Crippen molar-refractivity contribution in [2.24, 2.45) is 5.41 Å². The largest absolute Gasteiger partial charge is 0.465 e. The highest BCUT2D eigenvalue weighted by Gasteiger charge is 2.44. The third-order valence-electron chi connectivity index (χ3n) is 4.95. The molecule has 1 aromatic carbocycles. The van der Waals surface area contributed by atoms with E-state index < -0.39 is 29.0 Å². The lowest BCUT2D eigenvalue weighted by atomic mass is 9.83. The van der Waals surface area contributed by atoms with Gasteiger partial charge in [-0.2, -0.15) is 0 Å². The van der Waals surface area contributed by atoms with Crippen LogP contribution in [0.4, 0.5) is 9.80 Å². The molecule has 2 amide bonds. The van der Waals surface area contributed by atoms with Gasteiger partial charge in [-0.25, -0.2) is 9.78 Å². The first-order valence-corrected chi connectivity index (χ1v) is 11.4. The van der Waals surface area contributed by atoms with Crippen LogP contribution in [0.3, 0.4) is 0 Å². The third-order valence-corrected chi connectivity index (χ3v) is 5.94. The SMILES string of the molecule is CC(C)(C)[C@@H](C(=O)Nc1sc(-c2cnccn2)nc1-c1ccccc1)N(C(=O)O)C(C)(C)C.